The molecule has 5 nitrogen and oxygen atoms in total. The average Bonchev–Trinajstić information content (AvgIpc) is 3.53. The molecule has 0 unspecified atom stereocenters. The first kappa shape index (κ1) is 16.7. The van der Waals surface area contributed by atoms with E-state index >= 15 is 0 Å². The molecule has 0 saturated heterocycles. The molecule has 0 radical (unpaired) electrons. The fourth-order valence-electron chi connectivity index (χ4n) is 3.67. The van der Waals surface area contributed by atoms with E-state index in [-0.39, 0.29) is 5.91 Å². The summed E-state index contributed by atoms with van der Waals surface area (Å²) in [5.41, 5.74) is 7.28. The third-order valence-electron chi connectivity index (χ3n) is 5.27. The standard InChI is InChI=1S/C23H20N4O/c1-27-14-16(17-6-3-5-9-22(17)27)13-24-26-23(28)19-12-21(15-10-11-15)25-20-8-4-2-7-18(19)20/h2-9,12-15H,10-11H2,1H3,(H,26,28)/b24-13+. The van der Waals surface area contributed by atoms with Crippen LogP contribution in [0.25, 0.3) is 21.8 Å². The molecule has 2 heterocycles. The minimum Gasteiger partial charge on any atom is -0.350 e. The van der Waals surface area contributed by atoms with Gasteiger partial charge in [0.1, 0.15) is 0 Å². The van der Waals surface area contributed by atoms with Crippen LogP contribution in [0.1, 0.15) is 40.4 Å². The minimum absolute atomic E-state index is 0.211. The Morgan fingerprint density at radius 2 is 1.89 bits per heavy atom. The van der Waals surface area contributed by atoms with E-state index in [2.05, 4.69) is 27.2 Å². The maximum atomic E-state index is 12.9. The van der Waals surface area contributed by atoms with E-state index in [1.807, 2.05) is 55.7 Å². The number of hydrogen-bond acceptors (Lipinski definition) is 3. The van der Waals surface area contributed by atoms with Crippen molar-refractivity contribution in [2.24, 2.45) is 12.1 Å². The van der Waals surface area contributed by atoms with Crippen molar-refractivity contribution in [1.82, 2.24) is 15.0 Å². The number of nitrogens with one attached hydrogen (secondary N) is 1. The number of carbonyl (C=O) groups excluding carboxylic acids is 1. The Hall–Kier alpha value is -3.47. The first-order valence-electron chi connectivity index (χ1n) is 9.48. The van der Waals surface area contributed by atoms with Gasteiger partial charge < -0.3 is 4.57 Å². The molecule has 4 aromatic rings. The second kappa shape index (κ2) is 6.60. The molecule has 5 heteroatoms. The lowest BCUT2D eigenvalue weighted by Gasteiger charge is -2.08. The van der Waals surface area contributed by atoms with E-state index in [0.29, 0.717) is 11.5 Å². The molecular weight excluding hydrogens is 348 g/mol. The van der Waals surface area contributed by atoms with Crippen molar-refractivity contribution >= 4 is 33.9 Å². The van der Waals surface area contributed by atoms with E-state index in [0.717, 1.165) is 45.9 Å². The van der Waals surface area contributed by atoms with Crippen LogP contribution >= 0.6 is 0 Å². The number of aromatic nitrogens is 2. The molecule has 5 rings (SSSR count). The van der Waals surface area contributed by atoms with Crippen LogP contribution in [0.5, 0.6) is 0 Å². The molecule has 1 aliphatic rings. The molecule has 138 valence electrons. The molecule has 1 aliphatic carbocycles. The summed E-state index contributed by atoms with van der Waals surface area (Å²) in [7, 11) is 2.00. The predicted octanol–water partition coefficient (Wildman–Crippen LogP) is 4.37. The van der Waals surface area contributed by atoms with Gasteiger partial charge in [-0.3, -0.25) is 9.78 Å². The Bertz CT molecular complexity index is 1230. The van der Waals surface area contributed by atoms with Crippen molar-refractivity contribution in [3.05, 3.63) is 77.6 Å². The fraction of sp³-hybridized carbons (Fsp3) is 0.174. The summed E-state index contributed by atoms with van der Waals surface area (Å²) in [6.07, 6.45) is 6.00. The Balaban J connectivity index is 1.45. The smallest absolute Gasteiger partial charge is 0.272 e. The molecule has 0 bridgehead atoms. The van der Waals surface area contributed by atoms with Crippen molar-refractivity contribution in [2.75, 3.05) is 0 Å². The summed E-state index contributed by atoms with van der Waals surface area (Å²) in [5.74, 6) is 0.271. The average molecular weight is 368 g/mol. The Kier molecular flexibility index (Phi) is 3.93. The Morgan fingerprint density at radius 3 is 2.71 bits per heavy atom. The molecule has 1 N–H and O–H groups in total. The number of amides is 1. The largest absolute Gasteiger partial charge is 0.350 e. The summed E-state index contributed by atoms with van der Waals surface area (Å²) < 4.78 is 2.05. The number of aryl methyl sites for hydroxylation is 1. The molecule has 1 fully saturated rings. The van der Waals surface area contributed by atoms with Gasteiger partial charge in [-0.25, -0.2) is 5.43 Å². The molecule has 2 aromatic heterocycles. The number of nitrogens with zero attached hydrogens (tertiary/aromatic N) is 3. The highest BCUT2D eigenvalue weighted by atomic mass is 16.2. The van der Waals surface area contributed by atoms with E-state index in [1.54, 1.807) is 6.21 Å². The van der Waals surface area contributed by atoms with E-state index in [1.165, 1.54) is 0 Å². The lowest BCUT2D eigenvalue weighted by Crippen LogP contribution is -2.18. The second-order valence-corrected chi connectivity index (χ2v) is 7.30. The number of benzene rings is 2. The second-order valence-electron chi connectivity index (χ2n) is 7.30. The lowest BCUT2D eigenvalue weighted by atomic mass is 10.1. The quantitative estimate of drug-likeness (QED) is 0.430. The van der Waals surface area contributed by atoms with E-state index in [4.69, 9.17) is 4.98 Å². The summed E-state index contributed by atoms with van der Waals surface area (Å²) in [4.78, 5) is 17.6. The zero-order chi connectivity index (χ0) is 19.1. The number of rotatable bonds is 4. The highest BCUT2D eigenvalue weighted by Gasteiger charge is 2.26. The fourth-order valence-corrected chi connectivity index (χ4v) is 3.67. The lowest BCUT2D eigenvalue weighted by molar-refractivity contribution is 0.0956. The van der Waals surface area contributed by atoms with E-state index < -0.39 is 0 Å². The molecule has 0 spiro atoms. The van der Waals surface area contributed by atoms with Gasteiger partial charge in [-0.15, -0.1) is 0 Å². The summed E-state index contributed by atoms with van der Waals surface area (Å²) >= 11 is 0. The van der Waals surface area contributed by atoms with Crippen molar-refractivity contribution in [3.8, 4) is 0 Å². The number of fused-ring (bicyclic) bond motifs is 2. The van der Waals surface area contributed by atoms with Crippen molar-refractivity contribution in [1.29, 1.82) is 0 Å². The van der Waals surface area contributed by atoms with Gasteiger partial charge in [0.25, 0.3) is 5.91 Å². The molecule has 1 amide bonds. The molecule has 2 aromatic carbocycles. The maximum absolute atomic E-state index is 12.9. The van der Waals surface area contributed by atoms with Gasteiger partial charge in [0.2, 0.25) is 0 Å². The summed E-state index contributed by atoms with van der Waals surface area (Å²) in [5, 5.41) is 6.18. The number of hydrazone groups is 1. The van der Waals surface area contributed by atoms with Crippen LogP contribution in [-0.4, -0.2) is 21.7 Å². The first-order valence-corrected chi connectivity index (χ1v) is 9.48. The first-order chi connectivity index (χ1) is 13.7. The van der Waals surface area contributed by atoms with Gasteiger partial charge in [0.15, 0.2) is 0 Å². The Labute approximate surface area is 162 Å². The van der Waals surface area contributed by atoms with Crippen LogP contribution in [0.2, 0.25) is 0 Å². The maximum Gasteiger partial charge on any atom is 0.272 e. The molecule has 0 aliphatic heterocycles. The summed E-state index contributed by atoms with van der Waals surface area (Å²) in [6, 6.07) is 17.8. The van der Waals surface area contributed by atoms with Crippen LogP contribution in [-0.2, 0) is 7.05 Å². The van der Waals surface area contributed by atoms with Crippen LogP contribution in [0.3, 0.4) is 0 Å². The minimum atomic E-state index is -0.211. The monoisotopic (exact) mass is 368 g/mol. The molecule has 0 atom stereocenters. The molecule has 1 saturated carbocycles. The van der Waals surface area contributed by atoms with Gasteiger partial charge in [-0.2, -0.15) is 5.10 Å². The van der Waals surface area contributed by atoms with Gasteiger partial charge in [0, 0.05) is 46.7 Å². The van der Waals surface area contributed by atoms with Crippen LogP contribution in [0, 0.1) is 0 Å². The zero-order valence-electron chi connectivity index (χ0n) is 15.6. The van der Waals surface area contributed by atoms with Crippen molar-refractivity contribution in [3.63, 3.8) is 0 Å². The van der Waals surface area contributed by atoms with Gasteiger partial charge in [-0.05, 0) is 31.0 Å². The summed E-state index contributed by atoms with van der Waals surface area (Å²) in [6.45, 7) is 0. The van der Waals surface area contributed by atoms with Gasteiger partial charge >= 0.3 is 0 Å². The number of hydrogen-bond donors (Lipinski definition) is 1. The molecular formula is C23H20N4O. The van der Waals surface area contributed by atoms with E-state index in [9.17, 15) is 4.79 Å². The third-order valence-corrected chi connectivity index (χ3v) is 5.27. The van der Waals surface area contributed by atoms with Gasteiger partial charge in [-0.1, -0.05) is 36.4 Å². The number of pyridine rings is 1. The SMILES string of the molecule is Cn1cc(/C=N/NC(=O)c2cc(C3CC3)nc3ccccc23)c2ccccc21. The highest BCUT2D eigenvalue weighted by Crippen LogP contribution is 2.40. The normalized spacial score (nSPS) is 14.2. The third kappa shape index (κ3) is 2.95. The number of carbonyl (C=O) groups is 1. The van der Waals surface area contributed by atoms with Crippen molar-refractivity contribution in [2.45, 2.75) is 18.8 Å². The predicted molar refractivity (Wildman–Crippen MR) is 112 cm³/mol. The van der Waals surface area contributed by atoms with Crippen molar-refractivity contribution < 1.29 is 4.79 Å². The topological polar surface area (TPSA) is 59.3 Å². The van der Waals surface area contributed by atoms with Crippen LogP contribution < -0.4 is 5.43 Å². The zero-order valence-corrected chi connectivity index (χ0v) is 15.6. The van der Waals surface area contributed by atoms with Gasteiger partial charge in [0.05, 0.1) is 17.3 Å². The molecule has 28 heavy (non-hydrogen) atoms. The Morgan fingerprint density at radius 1 is 1.14 bits per heavy atom. The van der Waals surface area contributed by atoms with Crippen LogP contribution in [0.15, 0.2) is 65.9 Å². The highest BCUT2D eigenvalue weighted by molar-refractivity contribution is 6.07. The number of para-hydroxylation sites is 2. The van der Waals surface area contributed by atoms with Crippen LogP contribution in [0.4, 0.5) is 0 Å².